The SMILES string of the molecule is CNS(=O)(=O)N1CC(C)NC(C)C1. The van der Waals surface area contributed by atoms with Crippen molar-refractivity contribution in [1.82, 2.24) is 14.3 Å². The van der Waals surface area contributed by atoms with E-state index < -0.39 is 10.2 Å². The molecule has 5 nitrogen and oxygen atoms in total. The van der Waals surface area contributed by atoms with E-state index in [1.54, 1.807) is 0 Å². The lowest BCUT2D eigenvalue weighted by Gasteiger charge is -2.34. The van der Waals surface area contributed by atoms with E-state index in [1.165, 1.54) is 11.4 Å². The Balaban J connectivity index is 2.71. The molecule has 78 valence electrons. The highest BCUT2D eigenvalue weighted by Gasteiger charge is 2.28. The first-order chi connectivity index (χ1) is 5.95. The summed E-state index contributed by atoms with van der Waals surface area (Å²) in [7, 11) is -1.81. The van der Waals surface area contributed by atoms with Crippen LogP contribution in [0.3, 0.4) is 0 Å². The second kappa shape index (κ2) is 3.91. The van der Waals surface area contributed by atoms with Gasteiger partial charge in [0.05, 0.1) is 0 Å². The minimum atomic E-state index is -3.24. The molecule has 1 fully saturated rings. The van der Waals surface area contributed by atoms with Crippen molar-refractivity contribution in [2.75, 3.05) is 20.1 Å². The summed E-state index contributed by atoms with van der Waals surface area (Å²) in [6.45, 7) is 5.03. The molecule has 2 N–H and O–H groups in total. The minimum Gasteiger partial charge on any atom is -0.309 e. The van der Waals surface area contributed by atoms with Crippen LogP contribution in [-0.4, -0.2) is 44.9 Å². The zero-order chi connectivity index (χ0) is 10.1. The largest absolute Gasteiger partial charge is 0.309 e. The summed E-state index contributed by atoms with van der Waals surface area (Å²) in [6, 6.07) is 0.429. The average Bonchev–Trinajstić information content (AvgIpc) is 2.02. The van der Waals surface area contributed by atoms with E-state index in [1.807, 2.05) is 13.8 Å². The Morgan fingerprint density at radius 1 is 1.31 bits per heavy atom. The third-order valence-corrected chi connectivity index (χ3v) is 3.62. The van der Waals surface area contributed by atoms with Crippen LogP contribution >= 0.6 is 0 Å². The van der Waals surface area contributed by atoms with Gasteiger partial charge in [-0.3, -0.25) is 0 Å². The molecule has 0 saturated carbocycles. The fourth-order valence-corrected chi connectivity index (χ4v) is 2.70. The van der Waals surface area contributed by atoms with Gasteiger partial charge in [0.15, 0.2) is 0 Å². The van der Waals surface area contributed by atoms with Crippen LogP contribution in [0.4, 0.5) is 0 Å². The lowest BCUT2D eigenvalue weighted by molar-refractivity contribution is 0.261. The molecular formula is C7H17N3O2S. The quantitative estimate of drug-likeness (QED) is 0.619. The summed E-state index contributed by atoms with van der Waals surface area (Å²) in [5.74, 6) is 0. The molecule has 1 aliphatic heterocycles. The maximum absolute atomic E-state index is 11.4. The number of nitrogens with zero attached hydrogens (tertiary/aromatic N) is 1. The van der Waals surface area contributed by atoms with E-state index in [0.29, 0.717) is 13.1 Å². The van der Waals surface area contributed by atoms with Gasteiger partial charge < -0.3 is 5.32 Å². The molecular weight excluding hydrogens is 190 g/mol. The van der Waals surface area contributed by atoms with E-state index >= 15 is 0 Å². The summed E-state index contributed by atoms with van der Waals surface area (Å²) in [5.41, 5.74) is 0. The Hall–Kier alpha value is -0.170. The van der Waals surface area contributed by atoms with Crippen molar-refractivity contribution >= 4 is 10.2 Å². The fourth-order valence-electron chi connectivity index (χ4n) is 1.60. The van der Waals surface area contributed by atoms with Crippen molar-refractivity contribution in [3.8, 4) is 0 Å². The molecule has 6 heteroatoms. The molecule has 0 radical (unpaired) electrons. The Kier molecular flexibility index (Phi) is 3.28. The highest BCUT2D eigenvalue weighted by atomic mass is 32.2. The first kappa shape index (κ1) is 10.9. The fraction of sp³-hybridized carbons (Fsp3) is 1.00. The van der Waals surface area contributed by atoms with Crippen molar-refractivity contribution < 1.29 is 8.42 Å². The Morgan fingerprint density at radius 3 is 2.15 bits per heavy atom. The number of hydrogen-bond acceptors (Lipinski definition) is 3. The third-order valence-electron chi connectivity index (χ3n) is 2.12. The molecule has 13 heavy (non-hydrogen) atoms. The highest BCUT2D eigenvalue weighted by Crippen LogP contribution is 2.07. The number of piperazine rings is 1. The van der Waals surface area contributed by atoms with Gasteiger partial charge in [0.2, 0.25) is 0 Å². The van der Waals surface area contributed by atoms with Crippen molar-refractivity contribution in [3.05, 3.63) is 0 Å². The van der Waals surface area contributed by atoms with E-state index in [9.17, 15) is 8.42 Å². The third kappa shape index (κ3) is 2.63. The molecule has 0 aromatic heterocycles. The molecule has 1 rings (SSSR count). The summed E-state index contributed by atoms with van der Waals surface area (Å²) in [6.07, 6.45) is 0. The predicted octanol–water partition coefficient (Wildman–Crippen LogP) is -0.867. The van der Waals surface area contributed by atoms with Gasteiger partial charge in [-0.15, -0.1) is 0 Å². The molecule has 1 heterocycles. The van der Waals surface area contributed by atoms with Gasteiger partial charge in [-0.05, 0) is 13.8 Å². The zero-order valence-corrected chi connectivity index (χ0v) is 9.06. The predicted molar refractivity (Wildman–Crippen MR) is 51.6 cm³/mol. The second-order valence-electron chi connectivity index (χ2n) is 3.49. The molecule has 0 aliphatic carbocycles. The van der Waals surface area contributed by atoms with Crippen LogP contribution in [0.15, 0.2) is 0 Å². The van der Waals surface area contributed by atoms with E-state index in [4.69, 9.17) is 0 Å². The highest BCUT2D eigenvalue weighted by molar-refractivity contribution is 7.87. The molecule has 0 aromatic rings. The Bertz CT molecular complexity index is 255. The smallest absolute Gasteiger partial charge is 0.279 e. The van der Waals surface area contributed by atoms with Crippen molar-refractivity contribution in [2.24, 2.45) is 0 Å². The number of rotatable bonds is 2. The van der Waals surface area contributed by atoms with Crippen LogP contribution in [0.2, 0.25) is 0 Å². The van der Waals surface area contributed by atoms with Crippen molar-refractivity contribution in [3.63, 3.8) is 0 Å². The average molecular weight is 207 g/mol. The summed E-state index contributed by atoms with van der Waals surface area (Å²) in [5, 5.41) is 3.27. The van der Waals surface area contributed by atoms with Crippen LogP contribution in [-0.2, 0) is 10.2 Å². The van der Waals surface area contributed by atoms with Gasteiger partial charge in [-0.1, -0.05) is 0 Å². The molecule has 1 aliphatic rings. The molecule has 2 unspecified atom stereocenters. The molecule has 2 atom stereocenters. The summed E-state index contributed by atoms with van der Waals surface area (Å²) >= 11 is 0. The normalized spacial score (nSPS) is 31.9. The topological polar surface area (TPSA) is 61.4 Å². The molecule has 0 bridgehead atoms. The first-order valence-corrected chi connectivity index (χ1v) is 5.84. The van der Waals surface area contributed by atoms with Gasteiger partial charge in [0.25, 0.3) is 10.2 Å². The minimum absolute atomic E-state index is 0.215. The summed E-state index contributed by atoms with van der Waals surface area (Å²) in [4.78, 5) is 0. The Morgan fingerprint density at radius 2 is 1.77 bits per heavy atom. The number of hydrogen-bond donors (Lipinski definition) is 2. The maximum atomic E-state index is 11.4. The zero-order valence-electron chi connectivity index (χ0n) is 8.24. The van der Waals surface area contributed by atoms with Gasteiger partial charge in [0.1, 0.15) is 0 Å². The maximum Gasteiger partial charge on any atom is 0.279 e. The molecule has 0 amide bonds. The van der Waals surface area contributed by atoms with Gasteiger partial charge in [0, 0.05) is 32.2 Å². The lowest BCUT2D eigenvalue weighted by Crippen LogP contribution is -2.57. The summed E-state index contributed by atoms with van der Waals surface area (Å²) < 4.78 is 26.7. The van der Waals surface area contributed by atoms with Crippen LogP contribution in [0, 0.1) is 0 Å². The van der Waals surface area contributed by atoms with E-state index in [2.05, 4.69) is 10.0 Å². The van der Waals surface area contributed by atoms with Crippen LogP contribution < -0.4 is 10.0 Å². The number of nitrogens with one attached hydrogen (secondary N) is 2. The van der Waals surface area contributed by atoms with E-state index in [-0.39, 0.29) is 12.1 Å². The first-order valence-electron chi connectivity index (χ1n) is 4.40. The molecule has 1 saturated heterocycles. The van der Waals surface area contributed by atoms with Gasteiger partial charge >= 0.3 is 0 Å². The van der Waals surface area contributed by atoms with Gasteiger partial charge in [-0.25, -0.2) is 4.72 Å². The van der Waals surface area contributed by atoms with Crippen molar-refractivity contribution in [1.29, 1.82) is 0 Å². The van der Waals surface area contributed by atoms with E-state index in [0.717, 1.165) is 0 Å². The Labute approximate surface area is 79.7 Å². The second-order valence-corrected chi connectivity index (χ2v) is 5.37. The monoisotopic (exact) mass is 207 g/mol. The van der Waals surface area contributed by atoms with Gasteiger partial charge in [-0.2, -0.15) is 12.7 Å². The standard InChI is InChI=1S/C7H17N3O2S/c1-6-4-10(5-7(2)9-6)13(11,12)8-3/h6-9H,4-5H2,1-3H3. The van der Waals surface area contributed by atoms with Crippen LogP contribution in [0.1, 0.15) is 13.8 Å². The van der Waals surface area contributed by atoms with Crippen LogP contribution in [0.5, 0.6) is 0 Å². The van der Waals surface area contributed by atoms with Crippen molar-refractivity contribution in [2.45, 2.75) is 25.9 Å². The molecule has 0 aromatic carbocycles. The van der Waals surface area contributed by atoms with Crippen LogP contribution in [0.25, 0.3) is 0 Å². The molecule has 0 spiro atoms. The lowest BCUT2D eigenvalue weighted by atomic mass is 10.2.